The van der Waals surface area contributed by atoms with Gasteiger partial charge in [0.15, 0.2) is 5.96 Å². The van der Waals surface area contributed by atoms with Gasteiger partial charge in [-0.05, 0) is 34.8 Å². The first-order chi connectivity index (χ1) is 9.06. The zero-order valence-corrected chi connectivity index (χ0v) is 14.9. The van der Waals surface area contributed by atoms with Crippen LogP contribution in [0.4, 0.5) is 4.39 Å². The fourth-order valence-corrected chi connectivity index (χ4v) is 2.56. The number of hydrogen-bond acceptors (Lipinski definition) is 2. The van der Waals surface area contributed by atoms with Crippen molar-refractivity contribution >= 4 is 45.9 Å². The number of nitrogens with zero attached hydrogens (tertiary/aromatic N) is 2. The second kappa shape index (κ2) is 6.05. The summed E-state index contributed by atoms with van der Waals surface area (Å²) in [5.74, 6) is 0.743. The molecule has 0 saturated heterocycles. The molecule has 1 atom stereocenters. The van der Waals surface area contributed by atoms with Gasteiger partial charge in [0.2, 0.25) is 0 Å². The molecule has 20 heavy (non-hydrogen) atoms. The van der Waals surface area contributed by atoms with E-state index in [-0.39, 0.29) is 35.8 Å². The first kappa shape index (κ1) is 15.8. The van der Waals surface area contributed by atoms with Crippen LogP contribution in [-0.4, -0.2) is 30.6 Å². The molecule has 1 heterocycles. The average molecular weight is 456 g/mol. The number of halogens is 3. The van der Waals surface area contributed by atoms with Gasteiger partial charge in [-0.15, -0.1) is 24.0 Å². The van der Waals surface area contributed by atoms with E-state index in [4.69, 9.17) is 10.5 Å². The molecule has 1 aromatic rings. The van der Waals surface area contributed by atoms with Gasteiger partial charge < -0.3 is 15.4 Å². The maximum absolute atomic E-state index is 13.4. The van der Waals surface area contributed by atoms with E-state index in [1.807, 2.05) is 11.9 Å². The van der Waals surface area contributed by atoms with Gasteiger partial charge in [-0.1, -0.05) is 0 Å². The lowest BCUT2D eigenvalue weighted by molar-refractivity contribution is 0.331. The lowest BCUT2D eigenvalue weighted by Crippen LogP contribution is -2.36. The Morgan fingerprint density at radius 3 is 2.85 bits per heavy atom. The predicted octanol–water partition coefficient (Wildman–Crippen LogP) is 3.05. The fourth-order valence-electron chi connectivity index (χ4n) is 2.19. The van der Waals surface area contributed by atoms with Crippen molar-refractivity contribution in [1.29, 1.82) is 0 Å². The molecule has 3 rings (SSSR count). The van der Waals surface area contributed by atoms with Crippen LogP contribution >= 0.6 is 39.9 Å². The molecule has 2 aliphatic rings. The summed E-state index contributed by atoms with van der Waals surface area (Å²) in [4.78, 5) is 6.50. The Bertz CT molecular complexity index is 551. The normalized spacial score (nSPS) is 20.9. The molecule has 110 valence electrons. The van der Waals surface area contributed by atoms with Crippen molar-refractivity contribution < 1.29 is 9.13 Å². The number of aliphatic imine (C=N–C) groups is 1. The van der Waals surface area contributed by atoms with Gasteiger partial charge in [-0.25, -0.2) is 9.38 Å². The summed E-state index contributed by atoms with van der Waals surface area (Å²) in [6.07, 6.45) is 2.34. The third-order valence-corrected chi connectivity index (χ3v) is 4.16. The Hall–Kier alpha value is -0.570. The van der Waals surface area contributed by atoms with Gasteiger partial charge in [0.05, 0.1) is 4.47 Å². The molecule has 1 aromatic carbocycles. The van der Waals surface area contributed by atoms with Crippen LogP contribution in [0.5, 0.6) is 5.75 Å². The van der Waals surface area contributed by atoms with Gasteiger partial charge in [0, 0.05) is 24.7 Å². The summed E-state index contributed by atoms with van der Waals surface area (Å²) in [6, 6.07) is 3.46. The second-order valence-electron chi connectivity index (χ2n) is 4.96. The summed E-state index contributed by atoms with van der Waals surface area (Å²) in [5.41, 5.74) is 6.87. The zero-order chi connectivity index (χ0) is 13.6. The van der Waals surface area contributed by atoms with Gasteiger partial charge in [-0.2, -0.15) is 0 Å². The molecular weight excluding hydrogens is 440 g/mol. The number of benzene rings is 1. The highest BCUT2D eigenvalue weighted by Gasteiger charge is 2.30. The second-order valence-corrected chi connectivity index (χ2v) is 5.81. The van der Waals surface area contributed by atoms with Crippen LogP contribution in [0.25, 0.3) is 0 Å². The minimum atomic E-state index is -0.327. The summed E-state index contributed by atoms with van der Waals surface area (Å²) < 4.78 is 19.3. The van der Waals surface area contributed by atoms with Crippen LogP contribution in [0.15, 0.2) is 21.6 Å². The molecule has 0 aromatic heterocycles. The van der Waals surface area contributed by atoms with Crippen molar-refractivity contribution in [2.24, 2.45) is 10.7 Å². The van der Waals surface area contributed by atoms with E-state index in [1.54, 1.807) is 6.07 Å². The molecule has 0 radical (unpaired) electrons. The van der Waals surface area contributed by atoms with Crippen LogP contribution in [0.2, 0.25) is 0 Å². The fraction of sp³-hybridized carbons (Fsp3) is 0.462. The minimum absolute atomic E-state index is 0. The Morgan fingerprint density at radius 1 is 1.50 bits per heavy atom. The first-order valence-corrected chi connectivity index (χ1v) is 7.03. The zero-order valence-electron chi connectivity index (χ0n) is 11.0. The molecule has 0 bridgehead atoms. The molecule has 1 aliphatic carbocycles. The van der Waals surface area contributed by atoms with E-state index in [0.29, 0.717) is 28.8 Å². The van der Waals surface area contributed by atoms with E-state index >= 15 is 0 Å². The number of guanidine groups is 1. The van der Waals surface area contributed by atoms with E-state index in [9.17, 15) is 4.39 Å². The number of ether oxygens (including phenoxy) is 1. The molecule has 1 unspecified atom stereocenters. The maximum atomic E-state index is 13.4. The van der Waals surface area contributed by atoms with E-state index < -0.39 is 0 Å². The Morgan fingerprint density at radius 2 is 2.20 bits per heavy atom. The molecule has 4 nitrogen and oxygen atoms in total. The van der Waals surface area contributed by atoms with Crippen molar-refractivity contribution in [3.8, 4) is 5.75 Å². The Balaban J connectivity index is 0.00000147. The minimum Gasteiger partial charge on any atom is -0.491 e. The molecule has 2 N–H and O–H groups in total. The van der Waals surface area contributed by atoms with Gasteiger partial charge in [0.25, 0.3) is 0 Å². The quantitative estimate of drug-likeness (QED) is 0.423. The number of fused-ring (bicyclic) bond motifs is 1. The summed E-state index contributed by atoms with van der Waals surface area (Å²) in [5, 5.41) is 0. The van der Waals surface area contributed by atoms with Gasteiger partial charge in [-0.3, -0.25) is 0 Å². The monoisotopic (exact) mass is 455 g/mol. The molecule has 1 saturated carbocycles. The van der Waals surface area contributed by atoms with E-state index in [0.717, 1.165) is 5.56 Å². The molecule has 7 heteroatoms. The molecule has 0 amide bonds. The third kappa shape index (κ3) is 3.03. The van der Waals surface area contributed by atoms with Crippen molar-refractivity contribution in [1.82, 2.24) is 4.90 Å². The van der Waals surface area contributed by atoms with Crippen LogP contribution in [0.3, 0.4) is 0 Å². The number of rotatable bonds is 2. The average Bonchev–Trinajstić information content (AvgIpc) is 3.16. The van der Waals surface area contributed by atoms with Gasteiger partial charge in [0.1, 0.15) is 24.2 Å². The SMILES string of the molecule is CN(C(N)=NC1COc2cc(F)c(Br)cc21)C1CC1.I. The maximum Gasteiger partial charge on any atom is 0.191 e. The highest BCUT2D eigenvalue weighted by molar-refractivity contribution is 14.0. The highest BCUT2D eigenvalue weighted by atomic mass is 127. The van der Waals surface area contributed by atoms with Crippen molar-refractivity contribution in [3.63, 3.8) is 0 Å². The molecule has 1 aliphatic heterocycles. The topological polar surface area (TPSA) is 50.8 Å². The smallest absolute Gasteiger partial charge is 0.191 e. The van der Waals surface area contributed by atoms with Crippen molar-refractivity contribution in [2.45, 2.75) is 24.9 Å². The van der Waals surface area contributed by atoms with Gasteiger partial charge >= 0.3 is 0 Å². The Kier molecular flexibility index (Phi) is 4.78. The van der Waals surface area contributed by atoms with Crippen molar-refractivity contribution in [2.75, 3.05) is 13.7 Å². The summed E-state index contributed by atoms with van der Waals surface area (Å²) >= 11 is 3.18. The largest absolute Gasteiger partial charge is 0.491 e. The van der Waals surface area contributed by atoms with Crippen LogP contribution in [0.1, 0.15) is 24.4 Å². The molecule has 0 spiro atoms. The predicted molar refractivity (Wildman–Crippen MR) is 90.2 cm³/mol. The molecular formula is C13H16BrFIN3O. The highest BCUT2D eigenvalue weighted by Crippen LogP contribution is 2.38. The number of nitrogens with two attached hydrogens (primary N) is 1. The Labute approximate surface area is 142 Å². The number of hydrogen-bond donors (Lipinski definition) is 1. The summed E-state index contributed by atoms with van der Waals surface area (Å²) in [7, 11) is 1.95. The van der Waals surface area contributed by atoms with E-state index in [2.05, 4.69) is 20.9 Å². The standard InChI is InChI=1S/C13H15BrFN3O.HI/c1-18(7-2-3-7)13(16)17-11-6-19-12-5-10(15)9(14)4-8(11)12;/h4-5,7,11H,2-3,6H2,1H3,(H2,16,17);1H. The summed E-state index contributed by atoms with van der Waals surface area (Å²) in [6.45, 7) is 0.407. The van der Waals surface area contributed by atoms with Crippen molar-refractivity contribution in [3.05, 3.63) is 28.0 Å². The molecule has 1 fully saturated rings. The van der Waals surface area contributed by atoms with Crippen LogP contribution in [-0.2, 0) is 0 Å². The lowest BCUT2D eigenvalue weighted by atomic mass is 10.1. The van der Waals surface area contributed by atoms with Crippen LogP contribution < -0.4 is 10.5 Å². The van der Waals surface area contributed by atoms with E-state index in [1.165, 1.54) is 18.9 Å². The first-order valence-electron chi connectivity index (χ1n) is 6.24. The van der Waals surface area contributed by atoms with Crippen LogP contribution in [0, 0.1) is 5.82 Å². The lowest BCUT2D eigenvalue weighted by Gasteiger charge is -2.18. The third-order valence-electron chi connectivity index (χ3n) is 3.55.